The van der Waals surface area contributed by atoms with Gasteiger partial charge in [-0.1, -0.05) is 31.2 Å². The molecule has 2 amide bonds. The van der Waals surface area contributed by atoms with Crippen molar-refractivity contribution in [3.8, 4) is 22.6 Å². The average Bonchev–Trinajstić information content (AvgIpc) is 3.62. The number of aromatic nitrogens is 5. The number of amides is 2. The van der Waals surface area contributed by atoms with E-state index < -0.39 is 8.07 Å². The summed E-state index contributed by atoms with van der Waals surface area (Å²) in [6.07, 6.45) is 7.58. The minimum absolute atomic E-state index is 0.0948. The number of pyridine rings is 1. The highest BCUT2D eigenvalue weighted by Crippen LogP contribution is 2.31. The number of carbonyl (C=O) groups excluding carboxylic acids is 1. The number of hydrogen-bond acceptors (Lipinski definition) is 5. The number of H-pyrrole nitrogens is 1. The first kappa shape index (κ1) is 25.4. The van der Waals surface area contributed by atoms with E-state index in [2.05, 4.69) is 44.9 Å². The Morgan fingerprint density at radius 2 is 2.00 bits per heavy atom. The monoisotopic (exact) mass is 537 g/mol. The number of rotatable bonds is 8. The molecule has 0 saturated carbocycles. The molecule has 0 spiro atoms. The number of benzene rings is 1. The van der Waals surface area contributed by atoms with Gasteiger partial charge < -0.3 is 24.5 Å². The van der Waals surface area contributed by atoms with Crippen LogP contribution in [0.15, 0.2) is 43.0 Å². The summed E-state index contributed by atoms with van der Waals surface area (Å²) < 4.78 is 7.76. The van der Waals surface area contributed by atoms with Crippen LogP contribution in [0.25, 0.3) is 33.8 Å². The maximum atomic E-state index is 12.5. The molecule has 0 bridgehead atoms. The fourth-order valence-corrected chi connectivity index (χ4v) is 5.17. The van der Waals surface area contributed by atoms with Gasteiger partial charge in [-0.05, 0) is 43.2 Å². The van der Waals surface area contributed by atoms with E-state index in [-0.39, 0.29) is 6.03 Å². The third-order valence-corrected chi connectivity index (χ3v) is 8.40. The number of hydrogen-bond donors (Lipinski definition) is 2. The van der Waals surface area contributed by atoms with Gasteiger partial charge >= 0.3 is 6.03 Å². The van der Waals surface area contributed by atoms with Crippen molar-refractivity contribution in [1.29, 1.82) is 0 Å². The van der Waals surface area contributed by atoms with Crippen molar-refractivity contribution in [1.82, 2.24) is 29.4 Å². The summed E-state index contributed by atoms with van der Waals surface area (Å²) in [5.41, 5.74) is 4.40. The molecule has 9 nitrogen and oxygen atoms in total. The van der Waals surface area contributed by atoms with Crippen molar-refractivity contribution < 1.29 is 9.53 Å². The molecule has 4 aromatic rings. The molecule has 0 aliphatic carbocycles. The zero-order valence-corrected chi connectivity index (χ0v) is 23.2. The lowest BCUT2D eigenvalue weighted by Gasteiger charge is -2.16. The maximum Gasteiger partial charge on any atom is 0.321 e. The Bertz CT molecular complexity index is 1410. The quantitative estimate of drug-likeness (QED) is 0.209. The van der Waals surface area contributed by atoms with Gasteiger partial charge in [-0.3, -0.25) is 0 Å². The lowest BCUT2D eigenvalue weighted by atomic mass is 10.2. The molecule has 5 rings (SSSR count). The highest BCUT2D eigenvalue weighted by atomic mass is 35.5. The molecule has 1 aliphatic rings. The van der Waals surface area contributed by atoms with Crippen LogP contribution in [0.5, 0.6) is 0 Å². The van der Waals surface area contributed by atoms with Crippen molar-refractivity contribution in [2.45, 2.75) is 45.3 Å². The lowest BCUT2D eigenvalue weighted by Crippen LogP contribution is -2.32. The fourth-order valence-electron chi connectivity index (χ4n) is 4.20. The van der Waals surface area contributed by atoms with Gasteiger partial charge in [-0.2, -0.15) is 0 Å². The lowest BCUT2D eigenvalue weighted by molar-refractivity contribution is 0.0871. The van der Waals surface area contributed by atoms with Gasteiger partial charge in [0.25, 0.3) is 0 Å². The van der Waals surface area contributed by atoms with E-state index in [4.69, 9.17) is 16.3 Å². The van der Waals surface area contributed by atoms with Gasteiger partial charge in [0.2, 0.25) is 0 Å². The van der Waals surface area contributed by atoms with Crippen LogP contribution >= 0.6 is 11.6 Å². The SMILES string of the molecule is C[Si](C)(C)CCOCn1cnc(-c2cnc3nc(-c4cc(NC(=O)N5CCCC5)ccc4Cl)[nH]c3c2)c1. The molecule has 2 N–H and O–H groups in total. The highest BCUT2D eigenvalue weighted by Gasteiger charge is 2.19. The number of nitrogens with one attached hydrogen (secondary N) is 2. The van der Waals surface area contributed by atoms with Crippen LogP contribution in [0.1, 0.15) is 12.8 Å². The second-order valence-corrected chi connectivity index (χ2v) is 16.6. The normalized spacial score (nSPS) is 14.0. The first-order chi connectivity index (χ1) is 17.7. The van der Waals surface area contributed by atoms with Crippen molar-refractivity contribution in [3.05, 3.63) is 48.0 Å². The maximum absolute atomic E-state index is 12.5. The van der Waals surface area contributed by atoms with Crippen LogP contribution in [-0.4, -0.2) is 63.2 Å². The molecule has 1 saturated heterocycles. The predicted molar refractivity (Wildman–Crippen MR) is 149 cm³/mol. The molecule has 4 heterocycles. The molecule has 194 valence electrons. The minimum atomic E-state index is -1.11. The van der Waals surface area contributed by atoms with Crippen molar-refractivity contribution in [3.63, 3.8) is 0 Å². The molecule has 1 aromatic carbocycles. The van der Waals surface area contributed by atoms with E-state index >= 15 is 0 Å². The highest BCUT2D eigenvalue weighted by molar-refractivity contribution is 6.76. The molecule has 0 radical (unpaired) electrons. The van der Waals surface area contributed by atoms with Crippen LogP contribution in [-0.2, 0) is 11.5 Å². The summed E-state index contributed by atoms with van der Waals surface area (Å²) in [4.78, 5) is 31.3. The second kappa shape index (κ2) is 10.6. The summed E-state index contributed by atoms with van der Waals surface area (Å²) in [7, 11) is -1.11. The zero-order valence-electron chi connectivity index (χ0n) is 21.4. The zero-order chi connectivity index (χ0) is 26.0. The summed E-state index contributed by atoms with van der Waals surface area (Å²) in [5.74, 6) is 0.586. The van der Waals surface area contributed by atoms with Gasteiger partial charge in [-0.25, -0.2) is 19.7 Å². The minimum Gasteiger partial charge on any atom is -0.361 e. The number of anilines is 1. The fraction of sp³-hybridized carbons (Fsp3) is 0.385. The molecule has 0 unspecified atom stereocenters. The Balaban J connectivity index is 1.31. The van der Waals surface area contributed by atoms with Gasteiger partial charge in [0.15, 0.2) is 5.65 Å². The van der Waals surface area contributed by atoms with Gasteiger partial charge in [0, 0.05) is 57.0 Å². The Labute approximate surface area is 222 Å². The van der Waals surface area contributed by atoms with Gasteiger partial charge in [-0.15, -0.1) is 0 Å². The smallest absolute Gasteiger partial charge is 0.321 e. The number of nitrogens with zero attached hydrogens (tertiary/aromatic N) is 5. The summed E-state index contributed by atoms with van der Waals surface area (Å²) in [6, 6.07) is 8.41. The van der Waals surface area contributed by atoms with Crippen molar-refractivity contribution >= 4 is 42.6 Å². The Morgan fingerprint density at radius 3 is 2.78 bits per heavy atom. The van der Waals surface area contributed by atoms with Crippen LogP contribution < -0.4 is 5.32 Å². The third-order valence-electron chi connectivity index (χ3n) is 6.37. The molecule has 1 fully saturated rings. The molecule has 11 heteroatoms. The molecule has 1 aliphatic heterocycles. The number of ether oxygens (including phenoxy) is 1. The first-order valence-electron chi connectivity index (χ1n) is 12.6. The first-order valence-corrected chi connectivity index (χ1v) is 16.7. The number of fused-ring (bicyclic) bond motifs is 1. The number of aromatic amines is 1. The molecular weight excluding hydrogens is 506 g/mol. The van der Waals surface area contributed by atoms with Gasteiger partial charge in [0.1, 0.15) is 12.6 Å². The van der Waals surface area contributed by atoms with E-state index in [1.165, 1.54) is 0 Å². The second-order valence-electron chi connectivity index (χ2n) is 10.6. The van der Waals surface area contributed by atoms with E-state index in [1.54, 1.807) is 24.7 Å². The number of urea groups is 1. The van der Waals surface area contributed by atoms with E-state index in [0.29, 0.717) is 34.5 Å². The van der Waals surface area contributed by atoms with Crippen LogP contribution in [0, 0.1) is 0 Å². The van der Waals surface area contributed by atoms with Crippen LogP contribution in [0.2, 0.25) is 30.7 Å². The van der Waals surface area contributed by atoms with Gasteiger partial charge in [0.05, 0.1) is 22.6 Å². The summed E-state index contributed by atoms with van der Waals surface area (Å²) in [6.45, 7) is 9.83. The Kier molecular flexibility index (Phi) is 7.32. The van der Waals surface area contributed by atoms with Crippen molar-refractivity contribution in [2.24, 2.45) is 0 Å². The van der Waals surface area contributed by atoms with Crippen molar-refractivity contribution in [2.75, 3.05) is 25.0 Å². The largest absolute Gasteiger partial charge is 0.361 e. The number of imidazole rings is 2. The number of carbonyl (C=O) groups is 1. The van der Waals surface area contributed by atoms with E-state index in [1.807, 2.05) is 27.8 Å². The molecular formula is C26H32ClN7O2Si. The molecule has 0 atom stereocenters. The number of halogens is 1. The van der Waals surface area contributed by atoms with E-state index in [0.717, 1.165) is 55.4 Å². The summed E-state index contributed by atoms with van der Waals surface area (Å²) >= 11 is 6.50. The predicted octanol–water partition coefficient (Wildman–Crippen LogP) is 6.08. The number of likely N-dealkylation sites (tertiary alicyclic amines) is 1. The molecule has 37 heavy (non-hydrogen) atoms. The Morgan fingerprint density at radius 1 is 1.19 bits per heavy atom. The standard InChI is InChI=1S/C26H32ClN7O2Si/c1-37(2,3)11-10-36-17-33-15-23(29-16-33)18-12-22-25(28-14-18)32-24(31-22)20-13-19(6-7-21(20)27)30-26(35)34-8-4-5-9-34/h6-7,12-16H,4-5,8-11,17H2,1-3H3,(H,30,35)(H,28,31,32). The third kappa shape index (κ3) is 6.20. The topological polar surface area (TPSA) is 101 Å². The van der Waals surface area contributed by atoms with Crippen LogP contribution in [0.4, 0.5) is 10.5 Å². The van der Waals surface area contributed by atoms with Crippen LogP contribution in [0.3, 0.4) is 0 Å². The average molecular weight is 538 g/mol. The summed E-state index contributed by atoms with van der Waals surface area (Å²) in [5, 5.41) is 3.50. The Hall–Kier alpha value is -3.21. The molecule has 3 aromatic heterocycles. The van der Waals surface area contributed by atoms with E-state index in [9.17, 15) is 4.79 Å².